The van der Waals surface area contributed by atoms with Gasteiger partial charge in [0.1, 0.15) is 31.0 Å². The minimum atomic E-state index is -1.99. The van der Waals surface area contributed by atoms with Gasteiger partial charge in [0, 0.05) is 0 Å². The van der Waals surface area contributed by atoms with Crippen molar-refractivity contribution in [3.63, 3.8) is 0 Å². The van der Waals surface area contributed by atoms with Crippen molar-refractivity contribution in [3.05, 3.63) is 0 Å². The van der Waals surface area contributed by atoms with Crippen LogP contribution in [0, 0.1) is 0 Å². The summed E-state index contributed by atoms with van der Waals surface area (Å²) in [5.74, 6) is -1.08. The van der Waals surface area contributed by atoms with Crippen LogP contribution in [0.4, 0.5) is 0 Å². The molecule has 0 saturated carbocycles. The van der Waals surface area contributed by atoms with Crippen molar-refractivity contribution in [1.29, 1.82) is 0 Å². The molecule has 0 aromatic carbocycles. The smallest absolute Gasteiger partial charge is 0.189 e. The average Bonchev–Trinajstić information content (AvgIpc) is 2.23. The summed E-state index contributed by atoms with van der Waals surface area (Å²) < 4.78 is 0. The third-order valence-corrected chi connectivity index (χ3v) is 1.74. The molecule has 7 nitrogen and oxygen atoms in total. The van der Waals surface area contributed by atoms with Gasteiger partial charge in [-0.25, -0.2) is 0 Å². The summed E-state index contributed by atoms with van der Waals surface area (Å²) in [5.41, 5.74) is 0. The van der Waals surface area contributed by atoms with E-state index in [0.717, 1.165) is 0 Å². The molecule has 0 rings (SSSR count). The van der Waals surface area contributed by atoms with Crippen molar-refractivity contribution in [1.82, 2.24) is 0 Å². The lowest BCUT2D eigenvalue weighted by atomic mass is 10.0. The molecule has 0 radical (unpaired) electrons. The highest BCUT2D eigenvalue weighted by molar-refractivity contribution is 5.84. The van der Waals surface area contributed by atoms with Gasteiger partial charge in [-0.05, 0) is 0 Å². The van der Waals surface area contributed by atoms with Crippen LogP contribution >= 0.6 is 0 Å². The Morgan fingerprint density at radius 3 is 1.86 bits per heavy atom. The van der Waals surface area contributed by atoms with Gasteiger partial charge >= 0.3 is 0 Å². The van der Waals surface area contributed by atoms with Crippen molar-refractivity contribution in [2.75, 3.05) is 13.2 Å². The predicted octanol–water partition coefficient (Wildman–Crippen LogP) is -4.02. The molecule has 84 valence electrons. The van der Waals surface area contributed by atoms with Crippen LogP contribution in [0.3, 0.4) is 0 Å². The monoisotopic (exact) mass is 210 g/mol. The first-order valence-electron chi connectivity index (χ1n) is 3.92. The minimum absolute atomic E-state index is 0.821. The molecule has 0 aliphatic carbocycles. The van der Waals surface area contributed by atoms with Gasteiger partial charge in [0.05, 0.1) is 6.61 Å². The van der Waals surface area contributed by atoms with Gasteiger partial charge in [-0.15, -0.1) is 0 Å². The first-order chi connectivity index (χ1) is 6.45. The molecule has 14 heavy (non-hydrogen) atoms. The number of carbonyl (C=O) groups is 1. The molecule has 6 N–H and O–H groups in total. The van der Waals surface area contributed by atoms with Gasteiger partial charge in [-0.2, -0.15) is 0 Å². The fourth-order valence-electron chi connectivity index (χ4n) is 0.806. The van der Waals surface area contributed by atoms with Gasteiger partial charge in [0.15, 0.2) is 5.78 Å². The zero-order chi connectivity index (χ0) is 11.3. The van der Waals surface area contributed by atoms with Gasteiger partial charge in [-0.3, -0.25) is 4.79 Å². The Kier molecular flexibility index (Phi) is 5.77. The zero-order valence-electron chi connectivity index (χ0n) is 7.32. The molecule has 7 heteroatoms. The molecule has 0 spiro atoms. The van der Waals surface area contributed by atoms with E-state index >= 15 is 0 Å². The van der Waals surface area contributed by atoms with Crippen LogP contribution in [0.2, 0.25) is 0 Å². The van der Waals surface area contributed by atoms with E-state index in [1.165, 1.54) is 0 Å². The first-order valence-corrected chi connectivity index (χ1v) is 3.92. The molecular weight excluding hydrogens is 196 g/mol. The Balaban J connectivity index is 4.30. The molecule has 0 fully saturated rings. The third-order valence-electron chi connectivity index (χ3n) is 1.74. The maximum atomic E-state index is 10.7. The number of aliphatic hydroxyl groups is 6. The van der Waals surface area contributed by atoms with E-state index in [0.29, 0.717) is 0 Å². The summed E-state index contributed by atoms with van der Waals surface area (Å²) in [4.78, 5) is 10.7. The fourth-order valence-corrected chi connectivity index (χ4v) is 0.806. The second-order valence-corrected chi connectivity index (χ2v) is 2.80. The van der Waals surface area contributed by atoms with E-state index in [2.05, 4.69) is 0 Å². The highest BCUT2D eigenvalue weighted by atomic mass is 16.4. The molecule has 0 aliphatic heterocycles. The Morgan fingerprint density at radius 2 is 1.50 bits per heavy atom. The number of aliphatic hydroxyl groups excluding tert-OH is 6. The van der Waals surface area contributed by atoms with Crippen LogP contribution in [0.5, 0.6) is 0 Å². The lowest BCUT2D eigenvalue weighted by molar-refractivity contribution is -0.149. The zero-order valence-corrected chi connectivity index (χ0v) is 7.32. The number of ketones is 1. The lowest BCUT2D eigenvalue weighted by Crippen LogP contribution is -2.49. The Hall–Kier alpha value is -0.570. The molecule has 0 heterocycles. The van der Waals surface area contributed by atoms with E-state index < -0.39 is 43.4 Å². The molecule has 0 aromatic rings. The summed E-state index contributed by atoms with van der Waals surface area (Å²) in [6, 6.07) is 0. The molecule has 0 saturated heterocycles. The maximum absolute atomic E-state index is 10.7. The Labute approximate surface area is 79.9 Å². The largest absolute Gasteiger partial charge is 0.394 e. The van der Waals surface area contributed by atoms with E-state index in [-0.39, 0.29) is 0 Å². The first kappa shape index (κ1) is 13.4. The normalized spacial score (nSPS) is 19.9. The number of hydrogen-bond donors (Lipinski definition) is 6. The molecular formula is C7H14O7. The summed E-state index contributed by atoms with van der Waals surface area (Å²) >= 11 is 0. The summed E-state index contributed by atoms with van der Waals surface area (Å²) in [6.45, 7) is -1.81. The van der Waals surface area contributed by atoms with Crippen LogP contribution in [0.25, 0.3) is 0 Å². The van der Waals surface area contributed by atoms with E-state index in [1.807, 2.05) is 0 Å². The van der Waals surface area contributed by atoms with Gasteiger partial charge < -0.3 is 30.6 Å². The SMILES string of the molecule is O=C(CO)[C@H](O)[C@@H](O)[C@H](O)[C@@H](O)CO. The van der Waals surface area contributed by atoms with Crippen molar-refractivity contribution in [3.8, 4) is 0 Å². The Bertz CT molecular complexity index is 183. The van der Waals surface area contributed by atoms with Gasteiger partial charge in [0.2, 0.25) is 0 Å². The highest BCUT2D eigenvalue weighted by Gasteiger charge is 2.33. The number of carbonyl (C=O) groups excluding carboxylic acids is 1. The van der Waals surface area contributed by atoms with Crippen LogP contribution in [-0.4, -0.2) is 74.1 Å². The van der Waals surface area contributed by atoms with E-state index in [9.17, 15) is 4.79 Å². The number of rotatable bonds is 6. The number of Topliss-reactive ketones (excluding diaryl/α,β-unsaturated/α-hetero) is 1. The molecule has 0 amide bonds. The molecule has 0 bridgehead atoms. The maximum Gasteiger partial charge on any atom is 0.189 e. The van der Waals surface area contributed by atoms with Crippen molar-refractivity contribution < 1.29 is 35.4 Å². The van der Waals surface area contributed by atoms with E-state index in [4.69, 9.17) is 30.6 Å². The third kappa shape index (κ3) is 3.29. The number of hydrogen-bond acceptors (Lipinski definition) is 7. The standard InChI is InChI=1S/C7H14O7/c8-1-3(10)5(12)7(14)6(13)4(11)2-9/h3,5-10,12-14H,1-2H2/t3-,5+,6-,7-/m0/s1. The van der Waals surface area contributed by atoms with Gasteiger partial charge in [-0.1, -0.05) is 0 Å². The predicted molar refractivity (Wildman–Crippen MR) is 43.2 cm³/mol. The average molecular weight is 210 g/mol. The fraction of sp³-hybridized carbons (Fsp3) is 0.857. The molecule has 0 aromatic heterocycles. The van der Waals surface area contributed by atoms with Crippen molar-refractivity contribution >= 4 is 5.78 Å². The quantitative estimate of drug-likeness (QED) is 0.262. The topological polar surface area (TPSA) is 138 Å². The second-order valence-electron chi connectivity index (χ2n) is 2.80. The van der Waals surface area contributed by atoms with Crippen molar-refractivity contribution in [2.45, 2.75) is 24.4 Å². The highest BCUT2D eigenvalue weighted by Crippen LogP contribution is 2.05. The Morgan fingerprint density at radius 1 is 1.00 bits per heavy atom. The molecule has 4 atom stereocenters. The van der Waals surface area contributed by atoms with Crippen LogP contribution in [-0.2, 0) is 4.79 Å². The van der Waals surface area contributed by atoms with Crippen LogP contribution < -0.4 is 0 Å². The van der Waals surface area contributed by atoms with Crippen LogP contribution in [0.15, 0.2) is 0 Å². The van der Waals surface area contributed by atoms with E-state index in [1.54, 1.807) is 0 Å². The van der Waals surface area contributed by atoms with Crippen LogP contribution in [0.1, 0.15) is 0 Å². The molecule has 0 unspecified atom stereocenters. The van der Waals surface area contributed by atoms with Gasteiger partial charge in [0.25, 0.3) is 0 Å². The van der Waals surface area contributed by atoms with Crippen molar-refractivity contribution in [2.24, 2.45) is 0 Å². The summed E-state index contributed by atoms with van der Waals surface area (Å²) in [5, 5.41) is 52.7. The second kappa shape index (κ2) is 6.02. The minimum Gasteiger partial charge on any atom is -0.394 e. The lowest BCUT2D eigenvalue weighted by Gasteiger charge is -2.24. The summed E-state index contributed by atoms with van der Waals surface area (Å²) in [7, 11) is 0. The molecule has 0 aliphatic rings. The summed E-state index contributed by atoms with van der Waals surface area (Å²) in [6.07, 6.45) is -7.45.